The van der Waals surface area contributed by atoms with E-state index in [1.54, 1.807) is 6.92 Å². The fourth-order valence-electron chi connectivity index (χ4n) is 3.68. The number of sulfone groups is 1. The van der Waals surface area contributed by atoms with Crippen LogP contribution in [0.4, 0.5) is 0 Å². The van der Waals surface area contributed by atoms with Crippen molar-refractivity contribution in [1.29, 1.82) is 0 Å². The van der Waals surface area contributed by atoms with Crippen LogP contribution in [0.1, 0.15) is 40.8 Å². The van der Waals surface area contributed by atoms with Crippen molar-refractivity contribution >= 4 is 27.3 Å². The molecule has 0 radical (unpaired) electrons. The van der Waals surface area contributed by atoms with Crippen LogP contribution in [0.25, 0.3) is 5.82 Å². The van der Waals surface area contributed by atoms with E-state index in [-0.39, 0.29) is 26.3 Å². The van der Waals surface area contributed by atoms with Gasteiger partial charge in [0.2, 0.25) is 9.84 Å². The van der Waals surface area contributed by atoms with Gasteiger partial charge in [-0.05, 0) is 37.3 Å². The van der Waals surface area contributed by atoms with E-state index in [9.17, 15) is 13.2 Å². The Bertz CT molecular complexity index is 1520. The van der Waals surface area contributed by atoms with Gasteiger partial charge in [-0.1, -0.05) is 11.6 Å². The molecule has 1 saturated heterocycles. The van der Waals surface area contributed by atoms with E-state index in [0.29, 0.717) is 24.9 Å². The molecule has 3 aromatic heterocycles. The largest absolute Gasteiger partial charge is 0.380 e. The van der Waals surface area contributed by atoms with Gasteiger partial charge in [-0.2, -0.15) is 9.78 Å². The van der Waals surface area contributed by atoms with E-state index in [4.69, 9.17) is 16.3 Å². The van der Waals surface area contributed by atoms with Gasteiger partial charge in [-0.15, -0.1) is 0 Å². The van der Waals surface area contributed by atoms with Crippen molar-refractivity contribution in [2.24, 2.45) is 0 Å². The van der Waals surface area contributed by atoms with Crippen LogP contribution in [0.5, 0.6) is 0 Å². The van der Waals surface area contributed by atoms with Crippen molar-refractivity contribution < 1.29 is 17.9 Å². The van der Waals surface area contributed by atoms with Gasteiger partial charge in [0.25, 0.3) is 5.91 Å². The normalized spacial score (nSPS) is 14.7. The first-order chi connectivity index (χ1) is 17.3. The third kappa shape index (κ3) is 4.70. The van der Waals surface area contributed by atoms with Gasteiger partial charge in [0, 0.05) is 35.0 Å². The van der Waals surface area contributed by atoms with E-state index in [2.05, 4.69) is 30.4 Å². The molecule has 184 valence electrons. The smallest absolute Gasteiger partial charge is 0.251 e. The molecule has 36 heavy (non-hydrogen) atoms. The first-order valence-corrected chi connectivity index (χ1v) is 12.8. The number of carbonyl (C=O) groups excluding carboxylic acids is 1. The Hall–Kier alpha value is -3.74. The van der Waals surface area contributed by atoms with Gasteiger partial charge in [0.1, 0.15) is 12.7 Å². The summed E-state index contributed by atoms with van der Waals surface area (Å²) in [7, 11) is -3.89. The van der Waals surface area contributed by atoms with Crippen LogP contribution < -0.4 is 5.32 Å². The first kappa shape index (κ1) is 24.0. The summed E-state index contributed by atoms with van der Waals surface area (Å²) in [5.41, 5.74) is 0.925. The highest BCUT2D eigenvalue weighted by Crippen LogP contribution is 2.26. The highest BCUT2D eigenvalue weighted by molar-refractivity contribution is 7.91. The standard InChI is InChI=1S/C23H20ClN7O4S/c1-14(22-28-13-29-31(22)21-9-20(26-12-27-21)16-10-35-11-16)30-23(32)15-6-17(24)8-19(7-15)36(33,34)18-2-4-25-5-3-18/h2-9,12-14,16H,10-11H2,1H3,(H,30,32). The summed E-state index contributed by atoms with van der Waals surface area (Å²) in [4.78, 5) is 29.8. The number of nitrogens with one attached hydrogen (secondary N) is 1. The van der Waals surface area contributed by atoms with Crippen molar-refractivity contribution in [2.45, 2.75) is 28.7 Å². The molecule has 1 amide bonds. The maximum absolute atomic E-state index is 13.1. The predicted octanol–water partition coefficient (Wildman–Crippen LogP) is 2.54. The van der Waals surface area contributed by atoms with Crippen LogP contribution >= 0.6 is 11.6 Å². The van der Waals surface area contributed by atoms with Gasteiger partial charge >= 0.3 is 0 Å². The van der Waals surface area contributed by atoms with E-state index in [0.717, 1.165) is 5.69 Å². The average molecular weight is 526 g/mol. The summed E-state index contributed by atoms with van der Waals surface area (Å²) in [6.07, 6.45) is 5.58. The van der Waals surface area contributed by atoms with Crippen molar-refractivity contribution in [2.75, 3.05) is 13.2 Å². The molecule has 1 fully saturated rings. The number of carbonyl (C=O) groups is 1. The number of rotatable bonds is 7. The molecule has 5 rings (SSSR count). The zero-order chi connectivity index (χ0) is 25.3. The van der Waals surface area contributed by atoms with Crippen LogP contribution in [0.3, 0.4) is 0 Å². The molecule has 1 aliphatic heterocycles. The number of amides is 1. The molecule has 0 aliphatic carbocycles. The highest BCUT2D eigenvalue weighted by atomic mass is 35.5. The molecular formula is C23H20ClN7O4S. The second-order valence-corrected chi connectivity index (χ2v) is 10.5. The molecule has 1 aliphatic rings. The van der Waals surface area contributed by atoms with Crippen molar-refractivity contribution in [3.05, 3.63) is 83.6 Å². The molecule has 13 heteroatoms. The van der Waals surface area contributed by atoms with Crippen LogP contribution in [0.15, 0.2) is 71.2 Å². The number of halogens is 1. The second-order valence-electron chi connectivity index (χ2n) is 8.12. The molecule has 0 saturated carbocycles. The first-order valence-electron chi connectivity index (χ1n) is 10.9. The van der Waals surface area contributed by atoms with E-state index >= 15 is 0 Å². The van der Waals surface area contributed by atoms with Gasteiger partial charge in [0.15, 0.2) is 11.6 Å². The third-order valence-corrected chi connectivity index (χ3v) is 7.63. The number of nitrogens with zero attached hydrogens (tertiary/aromatic N) is 6. The Labute approximate surface area is 211 Å². The lowest BCUT2D eigenvalue weighted by molar-refractivity contribution is 0.00665. The summed E-state index contributed by atoms with van der Waals surface area (Å²) in [6.45, 7) is 2.94. The van der Waals surface area contributed by atoms with E-state index in [1.807, 2.05) is 6.07 Å². The fourth-order valence-corrected chi connectivity index (χ4v) is 5.29. The summed E-state index contributed by atoms with van der Waals surface area (Å²) in [6, 6.07) is 7.96. The minimum atomic E-state index is -3.89. The van der Waals surface area contributed by atoms with Crippen molar-refractivity contribution in [1.82, 2.24) is 35.0 Å². The van der Waals surface area contributed by atoms with Crippen molar-refractivity contribution in [3.8, 4) is 5.82 Å². The minimum absolute atomic E-state index is 0.0466. The molecule has 1 atom stereocenters. The Morgan fingerprint density at radius 3 is 2.58 bits per heavy atom. The van der Waals surface area contributed by atoms with E-state index in [1.165, 1.54) is 60.1 Å². The molecule has 11 nitrogen and oxygen atoms in total. The Kier molecular flexibility index (Phi) is 6.48. The maximum atomic E-state index is 13.1. The Balaban J connectivity index is 1.39. The summed E-state index contributed by atoms with van der Waals surface area (Å²) in [5.74, 6) is 0.621. The van der Waals surface area contributed by atoms with E-state index < -0.39 is 21.8 Å². The fraction of sp³-hybridized carbons (Fsp3) is 0.217. The number of ether oxygens (including phenoxy) is 1. The van der Waals surface area contributed by atoms with Crippen LogP contribution in [-0.2, 0) is 14.6 Å². The molecule has 1 N–H and O–H groups in total. The molecule has 4 heterocycles. The number of benzene rings is 1. The zero-order valence-corrected chi connectivity index (χ0v) is 20.5. The lowest BCUT2D eigenvalue weighted by Gasteiger charge is -2.25. The van der Waals surface area contributed by atoms with Crippen LogP contribution in [-0.4, -0.2) is 57.3 Å². The molecule has 1 aromatic carbocycles. The van der Waals surface area contributed by atoms with Crippen LogP contribution in [0, 0.1) is 0 Å². The summed E-state index contributed by atoms with van der Waals surface area (Å²) in [5, 5.41) is 7.19. The number of pyridine rings is 1. The molecule has 0 bridgehead atoms. The summed E-state index contributed by atoms with van der Waals surface area (Å²) >= 11 is 6.18. The summed E-state index contributed by atoms with van der Waals surface area (Å²) < 4.78 is 32.8. The third-order valence-electron chi connectivity index (χ3n) is 5.66. The molecule has 4 aromatic rings. The van der Waals surface area contributed by atoms with Crippen molar-refractivity contribution in [3.63, 3.8) is 0 Å². The minimum Gasteiger partial charge on any atom is -0.380 e. The second kappa shape index (κ2) is 9.72. The number of hydrogen-bond acceptors (Lipinski definition) is 9. The van der Waals surface area contributed by atoms with Gasteiger partial charge in [-0.25, -0.2) is 23.4 Å². The molecule has 1 unspecified atom stereocenters. The zero-order valence-electron chi connectivity index (χ0n) is 18.9. The van der Waals surface area contributed by atoms with Crippen LogP contribution in [0.2, 0.25) is 5.02 Å². The van der Waals surface area contributed by atoms with Gasteiger partial charge in [0.05, 0.1) is 34.7 Å². The number of aromatic nitrogens is 6. The lowest BCUT2D eigenvalue weighted by Crippen LogP contribution is -2.29. The SMILES string of the molecule is CC(NC(=O)c1cc(Cl)cc(S(=O)(=O)c2ccncc2)c1)c1ncnn1-c1cc(C2COC2)ncn1. The predicted molar refractivity (Wildman–Crippen MR) is 128 cm³/mol. The number of hydrogen-bond donors (Lipinski definition) is 1. The Morgan fingerprint density at radius 2 is 1.86 bits per heavy atom. The molecular weight excluding hydrogens is 506 g/mol. The monoisotopic (exact) mass is 525 g/mol. The quantitative estimate of drug-likeness (QED) is 0.385. The highest BCUT2D eigenvalue weighted by Gasteiger charge is 2.25. The molecule has 0 spiro atoms. The Morgan fingerprint density at radius 1 is 1.08 bits per heavy atom. The van der Waals surface area contributed by atoms with Gasteiger partial charge < -0.3 is 10.1 Å². The maximum Gasteiger partial charge on any atom is 0.251 e. The van der Waals surface area contributed by atoms with Gasteiger partial charge in [-0.3, -0.25) is 9.78 Å². The topological polar surface area (TPSA) is 142 Å². The lowest BCUT2D eigenvalue weighted by atomic mass is 10.0. The average Bonchev–Trinajstić information content (AvgIpc) is 3.34.